The Bertz CT molecular complexity index is 1050. The number of carbonyl (C=O) groups is 1. The monoisotopic (exact) mass is 480 g/mol. The Kier molecular flexibility index (Phi) is 7.84. The Morgan fingerprint density at radius 2 is 1.84 bits per heavy atom. The molecule has 31 heavy (non-hydrogen) atoms. The minimum atomic E-state index is -1.15. The van der Waals surface area contributed by atoms with E-state index in [2.05, 4.69) is 20.3 Å². The maximum atomic E-state index is 11.8. The number of anilines is 2. The van der Waals surface area contributed by atoms with Gasteiger partial charge in [0.05, 0.1) is 5.02 Å². The molecule has 3 rings (SSSR count). The molecule has 1 amide bonds. The van der Waals surface area contributed by atoms with Gasteiger partial charge in [0, 0.05) is 48.7 Å². The molecular weight excluding hydrogens is 459 g/mol. The number of hydrogen-bond acceptors (Lipinski definition) is 5. The van der Waals surface area contributed by atoms with Crippen LogP contribution in [0, 0.1) is 0 Å². The van der Waals surface area contributed by atoms with Crippen molar-refractivity contribution in [1.82, 2.24) is 10.1 Å². The highest BCUT2D eigenvalue weighted by Gasteiger charge is 2.18. The summed E-state index contributed by atoms with van der Waals surface area (Å²) in [6.07, 6.45) is 0. The van der Waals surface area contributed by atoms with Crippen LogP contribution in [0.4, 0.5) is 11.4 Å². The first-order valence-corrected chi connectivity index (χ1v) is 10.8. The maximum Gasteiger partial charge on any atom is 0.257 e. The summed E-state index contributed by atoms with van der Waals surface area (Å²) in [4.78, 5) is 14.9. The molecule has 164 valence electrons. The summed E-state index contributed by atoms with van der Waals surface area (Å²) in [6.45, 7) is 1.73. The SMILES string of the molecule is CN(C)CCN(C)c1cccc(Cl)c1-c1cc(-c2cccc(NC(=O)C(Cl)Cl)c2)on1. The van der Waals surface area contributed by atoms with Crippen molar-refractivity contribution in [3.8, 4) is 22.6 Å². The molecule has 0 aliphatic heterocycles. The van der Waals surface area contributed by atoms with Gasteiger partial charge in [0.2, 0.25) is 0 Å². The van der Waals surface area contributed by atoms with Crippen molar-refractivity contribution in [2.75, 3.05) is 44.4 Å². The standard InChI is InChI=1S/C22H23Cl3N4O2/c1-28(2)10-11-29(3)18-9-5-8-16(23)20(18)17-13-19(31-27-17)14-6-4-7-15(12-14)26-22(30)21(24)25/h4-9,12-13,21H,10-11H2,1-3H3,(H,26,30). The lowest BCUT2D eigenvalue weighted by Gasteiger charge is -2.24. The number of aromatic nitrogens is 1. The van der Waals surface area contributed by atoms with Crippen LogP contribution in [-0.2, 0) is 4.79 Å². The number of halogens is 3. The van der Waals surface area contributed by atoms with Crippen LogP contribution in [0.2, 0.25) is 5.02 Å². The molecule has 3 aromatic rings. The van der Waals surface area contributed by atoms with Crippen LogP contribution >= 0.6 is 34.8 Å². The fourth-order valence-electron chi connectivity index (χ4n) is 3.03. The van der Waals surface area contributed by atoms with Gasteiger partial charge in [-0.25, -0.2) is 0 Å². The highest BCUT2D eigenvalue weighted by Crippen LogP contribution is 2.38. The Labute approximate surface area is 196 Å². The zero-order chi connectivity index (χ0) is 22.5. The number of hydrogen-bond donors (Lipinski definition) is 1. The largest absolute Gasteiger partial charge is 0.373 e. The van der Waals surface area contributed by atoms with Crippen molar-refractivity contribution in [2.24, 2.45) is 0 Å². The number of rotatable bonds is 8. The zero-order valence-corrected chi connectivity index (χ0v) is 19.7. The second-order valence-corrected chi connectivity index (χ2v) is 8.81. The van der Waals surface area contributed by atoms with E-state index in [1.165, 1.54) is 0 Å². The lowest BCUT2D eigenvalue weighted by molar-refractivity contribution is -0.114. The number of nitrogens with zero attached hydrogens (tertiary/aromatic N) is 3. The average Bonchev–Trinajstić information content (AvgIpc) is 3.21. The normalized spacial score (nSPS) is 11.2. The third-order valence-corrected chi connectivity index (χ3v) is 5.38. The predicted octanol–water partition coefficient (Wildman–Crippen LogP) is 5.40. The fraction of sp³-hybridized carbons (Fsp3) is 0.273. The number of amides is 1. The Hall–Kier alpha value is -2.25. The van der Waals surface area contributed by atoms with E-state index >= 15 is 0 Å². The summed E-state index contributed by atoms with van der Waals surface area (Å²) < 4.78 is 5.60. The van der Waals surface area contributed by atoms with E-state index in [-0.39, 0.29) is 0 Å². The van der Waals surface area contributed by atoms with Crippen LogP contribution < -0.4 is 10.2 Å². The van der Waals surface area contributed by atoms with Crippen LogP contribution in [0.5, 0.6) is 0 Å². The van der Waals surface area contributed by atoms with Crippen LogP contribution in [0.1, 0.15) is 0 Å². The quantitative estimate of drug-likeness (QED) is 0.436. The highest BCUT2D eigenvalue weighted by atomic mass is 35.5. The average molecular weight is 482 g/mol. The molecule has 0 aliphatic carbocycles. The first-order chi connectivity index (χ1) is 14.8. The lowest BCUT2D eigenvalue weighted by Crippen LogP contribution is -2.28. The van der Waals surface area contributed by atoms with Crippen LogP contribution in [0.25, 0.3) is 22.6 Å². The minimum absolute atomic E-state index is 0.500. The van der Waals surface area contributed by atoms with E-state index in [9.17, 15) is 4.79 Å². The second kappa shape index (κ2) is 10.4. The van der Waals surface area contributed by atoms with E-state index in [1.807, 2.05) is 51.5 Å². The van der Waals surface area contributed by atoms with E-state index in [0.717, 1.165) is 29.9 Å². The number of benzene rings is 2. The zero-order valence-electron chi connectivity index (χ0n) is 17.4. The summed E-state index contributed by atoms with van der Waals surface area (Å²) in [5.74, 6) is 0.0430. The molecule has 0 saturated carbocycles. The van der Waals surface area contributed by atoms with E-state index in [1.54, 1.807) is 18.2 Å². The van der Waals surface area contributed by atoms with Crippen molar-refractivity contribution >= 4 is 52.1 Å². The van der Waals surface area contributed by atoms with Gasteiger partial charge in [0.1, 0.15) is 5.69 Å². The second-order valence-electron chi connectivity index (χ2n) is 7.31. The number of alkyl halides is 2. The number of carbonyl (C=O) groups excluding carboxylic acids is 1. The van der Waals surface area contributed by atoms with E-state index < -0.39 is 10.7 Å². The Morgan fingerprint density at radius 3 is 2.55 bits per heavy atom. The maximum absolute atomic E-state index is 11.8. The third-order valence-electron chi connectivity index (χ3n) is 4.66. The fourth-order valence-corrected chi connectivity index (χ4v) is 3.41. The molecule has 0 fully saturated rings. The molecule has 0 aliphatic rings. The number of likely N-dealkylation sites (N-methyl/N-ethyl adjacent to an activating group) is 2. The van der Waals surface area contributed by atoms with Crippen molar-refractivity contribution in [2.45, 2.75) is 4.84 Å². The first kappa shape index (κ1) is 23.4. The van der Waals surface area contributed by atoms with Gasteiger partial charge >= 0.3 is 0 Å². The molecule has 0 saturated heterocycles. The van der Waals surface area contributed by atoms with Gasteiger partial charge in [-0.3, -0.25) is 4.79 Å². The Morgan fingerprint density at radius 1 is 1.10 bits per heavy atom. The number of nitrogens with one attached hydrogen (secondary N) is 1. The molecule has 0 spiro atoms. The summed E-state index contributed by atoms with van der Waals surface area (Å²) in [6, 6.07) is 14.7. The minimum Gasteiger partial charge on any atom is -0.373 e. The molecule has 0 radical (unpaired) electrons. The van der Waals surface area contributed by atoms with Gasteiger partial charge in [0.25, 0.3) is 5.91 Å². The van der Waals surface area contributed by atoms with Crippen molar-refractivity contribution in [1.29, 1.82) is 0 Å². The molecule has 0 atom stereocenters. The highest BCUT2D eigenvalue weighted by molar-refractivity contribution is 6.54. The van der Waals surface area contributed by atoms with Gasteiger partial charge in [-0.05, 0) is 38.4 Å². The molecule has 1 aromatic heterocycles. The van der Waals surface area contributed by atoms with E-state index in [4.69, 9.17) is 39.3 Å². The van der Waals surface area contributed by atoms with Crippen LogP contribution in [0.15, 0.2) is 53.1 Å². The van der Waals surface area contributed by atoms with Crippen molar-refractivity contribution in [3.05, 3.63) is 53.6 Å². The molecule has 6 nitrogen and oxygen atoms in total. The Balaban J connectivity index is 1.90. The summed E-state index contributed by atoms with van der Waals surface area (Å²) in [5, 5.41) is 7.49. The summed E-state index contributed by atoms with van der Waals surface area (Å²) in [5.41, 5.74) is 3.69. The van der Waals surface area contributed by atoms with Gasteiger partial charge in [-0.2, -0.15) is 0 Å². The van der Waals surface area contributed by atoms with Crippen LogP contribution in [0.3, 0.4) is 0 Å². The van der Waals surface area contributed by atoms with Gasteiger partial charge in [0.15, 0.2) is 10.6 Å². The van der Waals surface area contributed by atoms with Crippen molar-refractivity contribution < 1.29 is 9.32 Å². The topological polar surface area (TPSA) is 61.6 Å². The van der Waals surface area contributed by atoms with E-state index in [0.29, 0.717) is 22.2 Å². The third kappa shape index (κ3) is 5.92. The molecule has 1 heterocycles. The van der Waals surface area contributed by atoms with Gasteiger partial charge in [-0.15, -0.1) is 0 Å². The first-order valence-electron chi connectivity index (χ1n) is 9.57. The molecule has 2 aromatic carbocycles. The molecule has 9 heteroatoms. The van der Waals surface area contributed by atoms with Gasteiger partial charge in [-0.1, -0.05) is 58.2 Å². The van der Waals surface area contributed by atoms with Gasteiger partial charge < -0.3 is 19.6 Å². The molecule has 0 bridgehead atoms. The smallest absolute Gasteiger partial charge is 0.257 e. The summed E-state index contributed by atoms with van der Waals surface area (Å²) in [7, 11) is 6.09. The van der Waals surface area contributed by atoms with Crippen molar-refractivity contribution in [3.63, 3.8) is 0 Å². The molecule has 0 unspecified atom stereocenters. The molecule has 1 N–H and O–H groups in total. The molecular formula is C22H23Cl3N4O2. The lowest BCUT2D eigenvalue weighted by atomic mass is 10.1. The van der Waals surface area contributed by atoms with Crippen LogP contribution in [-0.4, -0.2) is 55.0 Å². The summed E-state index contributed by atoms with van der Waals surface area (Å²) >= 11 is 17.8. The predicted molar refractivity (Wildman–Crippen MR) is 128 cm³/mol.